The fourth-order valence-electron chi connectivity index (χ4n) is 8.64. The Balaban J connectivity index is 1.18. The van der Waals surface area contributed by atoms with Gasteiger partial charge in [-0.05, 0) is 117 Å². The number of aromatic nitrogens is 4. The Morgan fingerprint density at radius 3 is 1.28 bits per heavy atom. The van der Waals surface area contributed by atoms with E-state index < -0.39 is 48.3 Å². The fourth-order valence-corrected chi connectivity index (χ4v) is 8.64. The average molecular weight is 895 g/mol. The standard InChI is InChI=1S/C50H78N4O10/c1-33(15-11-17-35(3)21-25-51-45(59)37(5)29-53(47(51)61)43-27-39(57)41(31-55)63-43)19-13-23-49(7,8)50(9,10)24-14-20-34(2)16-12-18-36(4)22-26-52-46(60)38(6)30-54(48(52)62)44-28-40(58)42(32-56)64-44/h15-16,21-22,29-30,39-44,55-58H,11-14,17-20,23-28,31-32H2,1-10H3/b33-15+,34-16+,35-21+,36-22+/t39?,40?,41-,42-,43-,44-/m1/s1. The highest BCUT2D eigenvalue weighted by atomic mass is 16.5. The molecule has 0 radical (unpaired) electrons. The van der Waals surface area contributed by atoms with E-state index in [2.05, 4.69) is 53.7 Å². The van der Waals surface area contributed by atoms with Gasteiger partial charge >= 0.3 is 11.4 Å². The van der Waals surface area contributed by atoms with Crippen molar-refractivity contribution in [3.63, 3.8) is 0 Å². The number of hydrogen-bond acceptors (Lipinski definition) is 10. The summed E-state index contributed by atoms with van der Waals surface area (Å²) in [6.45, 7) is 20.9. The van der Waals surface area contributed by atoms with E-state index in [1.165, 1.54) is 41.8 Å². The first kappa shape index (κ1) is 52.7. The summed E-state index contributed by atoms with van der Waals surface area (Å²) in [5.41, 5.74) is 4.37. The molecule has 2 saturated heterocycles. The maximum absolute atomic E-state index is 13.3. The van der Waals surface area contributed by atoms with E-state index >= 15 is 0 Å². The molecule has 0 aromatic carbocycles. The van der Waals surface area contributed by atoms with Crippen molar-refractivity contribution in [1.29, 1.82) is 0 Å². The summed E-state index contributed by atoms with van der Waals surface area (Å²) in [7, 11) is 0. The highest BCUT2D eigenvalue weighted by Gasteiger charge is 2.37. The van der Waals surface area contributed by atoms with Gasteiger partial charge in [-0.25, -0.2) is 9.59 Å². The Hall–Kier alpha value is -3.92. The van der Waals surface area contributed by atoms with Crippen molar-refractivity contribution in [1.82, 2.24) is 18.3 Å². The van der Waals surface area contributed by atoms with E-state index in [1.54, 1.807) is 13.8 Å². The molecule has 4 heterocycles. The molecule has 6 atom stereocenters. The predicted octanol–water partition coefficient (Wildman–Crippen LogP) is 6.67. The van der Waals surface area contributed by atoms with Crippen LogP contribution in [0.2, 0.25) is 0 Å². The molecule has 2 unspecified atom stereocenters. The zero-order valence-electron chi connectivity index (χ0n) is 40.3. The lowest BCUT2D eigenvalue weighted by molar-refractivity contribution is -0.0463. The minimum Gasteiger partial charge on any atom is -0.394 e. The van der Waals surface area contributed by atoms with Gasteiger partial charge in [0, 0.05) is 49.5 Å². The number of hydrogen-bond donors (Lipinski definition) is 4. The van der Waals surface area contributed by atoms with Crippen LogP contribution < -0.4 is 22.5 Å². The first-order valence-corrected chi connectivity index (χ1v) is 23.3. The number of rotatable bonds is 23. The lowest BCUT2D eigenvalue weighted by Crippen LogP contribution is -2.42. The molecule has 2 fully saturated rings. The predicted molar refractivity (Wildman–Crippen MR) is 251 cm³/mol. The number of nitrogens with zero attached hydrogens (tertiary/aromatic N) is 4. The Kier molecular flexibility index (Phi) is 19.4. The number of allylic oxidation sites excluding steroid dienone is 8. The normalized spacial score (nSPS) is 22.8. The minimum absolute atomic E-state index is 0.151. The molecule has 0 spiro atoms. The van der Waals surface area contributed by atoms with Crippen molar-refractivity contribution in [2.75, 3.05) is 13.2 Å². The van der Waals surface area contributed by atoms with Crippen LogP contribution in [0, 0.1) is 24.7 Å². The molecule has 14 nitrogen and oxygen atoms in total. The van der Waals surface area contributed by atoms with Gasteiger partial charge in [0.1, 0.15) is 24.7 Å². The topological polar surface area (TPSA) is 187 Å². The van der Waals surface area contributed by atoms with Crippen LogP contribution in [0.15, 0.2) is 78.2 Å². The molecule has 0 amide bonds. The van der Waals surface area contributed by atoms with Gasteiger partial charge < -0.3 is 29.9 Å². The van der Waals surface area contributed by atoms with Crippen LogP contribution in [0.3, 0.4) is 0 Å². The van der Waals surface area contributed by atoms with Gasteiger partial charge in [0.15, 0.2) is 0 Å². The molecule has 0 bridgehead atoms. The maximum atomic E-state index is 13.3. The summed E-state index contributed by atoms with van der Waals surface area (Å²) in [6, 6.07) is 0. The lowest BCUT2D eigenvalue weighted by Gasteiger charge is -2.42. The van der Waals surface area contributed by atoms with Crippen LogP contribution in [0.25, 0.3) is 0 Å². The summed E-state index contributed by atoms with van der Waals surface area (Å²) in [6.07, 6.45) is 16.9. The Morgan fingerprint density at radius 2 is 0.953 bits per heavy atom. The average Bonchev–Trinajstić information content (AvgIpc) is 3.80. The molecule has 0 saturated carbocycles. The third-order valence-corrected chi connectivity index (χ3v) is 14.0. The third kappa shape index (κ3) is 13.8. The second-order valence-corrected chi connectivity index (χ2v) is 19.8. The lowest BCUT2D eigenvalue weighted by atomic mass is 9.63. The van der Waals surface area contributed by atoms with Crippen LogP contribution in [0.1, 0.15) is 156 Å². The molecule has 0 aliphatic carbocycles. The Morgan fingerprint density at radius 1 is 0.609 bits per heavy atom. The molecule has 64 heavy (non-hydrogen) atoms. The number of aliphatic hydroxyl groups excluding tert-OH is 4. The zero-order chi connectivity index (χ0) is 47.5. The summed E-state index contributed by atoms with van der Waals surface area (Å²) >= 11 is 0. The van der Waals surface area contributed by atoms with Gasteiger partial charge in [-0.15, -0.1) is 0 Å². The fraction of sp³-hybridized carbons (Fsp3) is 0.680. The molecule has 2 aliphatic rings. The van der Waals surface area contributed by atoms with Crippen LogP contribution in [0.5, 0.6) is 0 Å². The van der Waals surface area contributed by atoms with Crippen LogP contribution in [-0.2, 0) is 22.6 Å². The van der Waals surface area contributed by atoms with Gasteiger partial charge in [-0.1, -0.05) is 74.3 Å². The van der Waals surface area contributed by atoms with E-state index in [9.17, 15) is 39.6 Å². The van der Waals surface area contributed by atoms with Gasteiger partial charge in [-0.2, -0.15) is 0 Å². The summed E-state index contributed by atoms with van der Waals surface area (Å²) in [5.74, 6) is 0. The first-order valence-electron chi connectivity index (χ1n) is 23.3. The second-order valence-electron chi connectivity index (χ2n) is 19.8. The monoisotopic (exact) mass is 895 g/mol. The van der Waals surface area contributed by atoms with E-state index in [-0.39, 0.29) is 61.1 Å². The Bertz CT molecular complexity index is 2100. The molecule has 2 aliphatic heterocycles. The highest BCUT2D eigenvalue weighted by Crippen LogP contribution is 2.46. The van der Waals surface area contributed by atoms with Gasteiger partial charge in [0.25, 0.3) is 11.1 Å². The quantitative estimate of drug-likeness (QED) is 0.0878. The number of aryl methyl sites for hydroxylation is 2. The molecular formula is C50H78N4O10. The minimum atomic E-state index is -0.882. The van der Waals surface area contributed by atoms with Crippen LogP contribution in [0.4, 0.5) is 0 Å². The molecule has 358 valence electrons. The molecule has 2 aromatic rings. The van der Waals surface area contributed by atoms with E-state index in [1.807, 2.05) is 26.0 Å². The van der Waals surface area contributed by atoms with Gasteiger partial charge in [0.05, 0.1) is 25.4 Å². The summed E-state index contributed by atoms with van der Waals surface area (Å²) < 4.78 is 16.4. The van der Waals surface area contributed by atoms with Gasteiger partial charge in [-0.3, -0.25) is 27.9 Å². The smallest absolute Gasteiger partial charge is 0.333 e. The van der Waals surface area contributed by atoms with E-state index in [0.717, 1.165) is 75.4 Å². The molecule has 2 aromatic heterocycles. The van der Waals surface area contributed by atoms with Crippen molar-refractivity contribution in [2.45, 2.75) is 196 Å². The van der Waals surface area contributed by atoms with Crippen molar-refractivity contribution < 1.29 is 29.9 Å². The number of aliphatic hydroxyl groups is 4. The van der Waals surface area contributed by atoms with Gasteiger partial charge in [0.2, 0.25) is 0 Å². The molecule has 4 N–H and O–H groups in total. The van der Waals surface area contributed by atoms with Crippen molar-refractivity contribution in [2.24, 2.45) is 10.8 Å². The second kappa shape index (κ2) is 23.5. The number of ether oxygens (including phenoxy) is 2. The summed E-state index contributed by atoms with van der Waals surface area (Å²) in [4.78, 5) is 52.3. The van der Waals surface area contributed by atoms with Crippen LogP contribution in [-0.4, -0.2) is 76.3 Å². The molecular weight excluding hydrogens is 817 g/mol. The first-order chi connectivity index (χ1) is 30.1. The van der Waals surface area contributed by atoms with Crippen molar-refractivity contribution >= 4 is 0 Å². The van der Waals surface area contributed by atoms with E-state index in [4.69, 9.17) is 9.47 Å². The van der Waals surface area contributed by atoms with E-state index in [0.29, 0.717) is 11.1 Å². The van der Waals surface area contributed by atoms with Crippen molar-refractivity contribution in [3.05, 3.63) is 112 Å². The highest BCUT2D eigenvalue weighted by molar-refractivity contribution is 5.10. The largest absolute Gasteiger partial charge is 0.394 e. The van der Waals surface area contributed by atoms with Crippen LogP contribution >= 0.6 is 0 Å². The summed E-state index contributed by atoms with van der Waals surface area (Å²) in [5, 5.41) is 39.2. The third-order valence-electron chi connectivity index (χ3n) is 14.0. The molecule has 14 heteroatoms. The maximum Gasteiger partial charge on any atom is 0.333 e. The SMILES string of the molecule is C/C(=C\Cn1c(=O)c(C)cn([C@H]2CC(O)[C@@H](CO)O2)c1=O)CC/C=C(\C)CCCC(C)(C)C(C)(C)CCC/C(C)=C/CC/C(C)=C/Cn1c(=O)c(C)cn([C@H]2CC(O)[C@@H](CO)O2)c1=O. The zero-order valence-corrected chi connectivity index (χ0v) is 40.3. The van der Waals surface area contributed by atoms with Crippen molar-refractivity contribution in [3.8, 4) is 0 Å². The molecule has 4 rings (SSSR count). The Labute approximate surface area is 379 Å².